The lowest BCUT2D eigenvalue weighted by molar-refractivity contribution is -0.131. The predicted octanol–water partition coefficient (Wildman–Crippen LogP) is 4.42. The molecule has 34 heavy (non-hydrogen) atoms. The highest BCUT2D eigenvalue weighted by Gasteiger charge is 2.34. The summed E-state index contributed by atoms with van der Waals surface area (Å²) in [6.45, 7) is 4.39. The van der Waals surface area contributed by atoms with E-state index in [-0.39, 0.29) is 17.7 Å². The quantitative estimate of drug-likeness (QED) is 0.568. The standard InChI is InChI=1S/C28H34N4O2/c1-20-10-5-6-11-22(20)21-18-24(23-12-7-8-14-26(23)33)29-27(19-21)32-15-9-13-25(32)28(34)31(4)17-16-30(2)3/h5-8,10-12,14,18-19,25,33H,9,13,15-17H2,1-4H3/t25-/m0/s1. The molecule has 1 aliphatic heterocycles. The van der Waals surface area contributed by atoms with Crippen LogP contribution in [0.3, 0.4) is 0 Å². The number of carbonyl (C=O) groups is 1. The van der Waals surface area contributed by atoms with Gasteiger partial charge >= 0.3 is 0 Å². The van der Waals surface area contributed by atoms with Crippen LogP contribution in [0, 0.1) is 6.92 Å². The van der Waals surface area contributed by atoms with Gasteiger partial charge in [0.25, 0.3) is 0 Å². The Hall–Kier alpha value is -3.38. The van der Waals surface area contributed by atoms with E-state index in [9.17, 15) is 9.90 Å². The summed E-state index contributed by atoms with van der Waals surface area (Å²) in [5, 5.41) is 10.5. The number of benzene rings is 2. The lowest BCUT2D eigenvalue weighted by Gasteiger charge is -2.30. The van der Waals surface area contributed by atoms with Crippen LogP contribution < -0.4 is 4.90 Å². The average molecular weight is 459 g/mol. The van der Waals surface area contributed by atoms with Crippen molar-refractivity contribution in [2.75, 3.05) is 45.7 Å². The lowest BCUT2D eigenvalue weighted by atomic mass is 9.98. The van der Waals surface area contributed by atoms with Gasteiger partial charge in [-0.05, 0) is 74.8 Å². The van der Waals surface area contributed by atoms with Crippen molar-refractivity contribution in [3.63, 3.8) is 0 Å². The minimum absolute atomic E-state index is 0.131. The summed E-state index contributed by atoms with van der Waals surface area (Å²) < 4.78 is 0. The molecule has 6 heteroatoms. The van der Waals surface area contributed by atoms with Crippen LogP contribution in [0.1, 0.15) is 18.4 Å². The third-order valence-corrected chi connectivity index (χ3v) is 6.54. The molecular formula is C28H34N4O2. The number of aryl methyl sites for hydroxylation is 1. The second kappa shape index (κ2) is 10.3. The van der Waals surface area contributed by atoms with E-state index in [1.54, 1.807) is 6.07 Å². The molecule has 2 aromatic carbocycles. The Kier molecular flexibility index (Phi) is 7.17. The Bertz CT molecular complexity index is 1100. The van der Waals surface area contributed by atoms with Gasteiger partial charge in [0.1, 0.15) is 17.6 Å². The Morgan fingerprint density at radius 2 is 1.74 bits per heavy atom. The first-order valence-electron chi connectivity index (χ1n) is 11.9. The number of aromatic nitrogens is 1. The first-order valence-corrected chi connectivity index (χ1v) is 11.9. The first-order chi connectivity index (χ1) is 16.3. The minimum Gasteiger partial charge on any atom is -0.507 e. The number of nitrogens with zero attached hydrogens (tertiary/aromatic N) is 4. The Labute approximate surface area is 202 Å². The predicted molar refractivity (Wildman–Crippen MR) is 138 cm³/mol. The molecule has 1 amide bonds. The number of phenolic OH excluding ortho intramolecular Hbond substituents is 1. The van der Waals surface area contributed by atoms with Crippen LogP contribution >= 0.6 is 0 Å². The van der Waals surface area contributed by atoms with Gasteiger partial charge in [-0.1, -0.05) is 36.4 Å². The van der Waals surface area contributed by atoms with Crippen LogP contribution in [0.25, 0.3) is 22.4 Å². The van der Waals surface area contributed by atoms with Crippen molar-refractivity contribution in [2.45, 2.75) is 25.8 Å². The van der Waals surface area contributed by atoms with Crippen molar-refractivity contribution in [3.8, 4) is 28.1 Å². The van der Waals surface area contributed by atoms with E-state index >= 15 is 0 Å². The van der Waals surface area contributed by atoms with Gasteiger partial charge in [-0.15, -0.1) is 0 Å². The van der Waals surface area contributed by atoms with E-state index in [1.807, 2.05) is 62.4 Å². The molecule has 1 atom stereocenters. The summed E-state index contributed by atoms with van der Waals surface area (Å²) in [6, 6.07) is 19.4. The topological polar surface area (TPSA) is 59.9 Å². The summed E-state index contributed by atoms with van der Waals surface area (Å²) in [6.07, 6.45) is 1.76. The van der Waals surface area contributed by atoms with Crippen LogP contribution in [0.15, 0.2) is 60.7 Å². The van der Waals surface area contributed by atoms with E-state index in [2.05, 4.69) is 34.9 Å². The summed E-state index contributed by atoms with van der Waals surface area (Å²) in [5.41, 5.74) is 4.70. The number of pyridine rings is 1. The fourth-order valence-corrected chi connectivity index (χ4v) is 4.56. The van der Waals surface area contributed by atoms with Gasteiger partial charge in [0.2, 0.25) is 5.91 Å². The number of hydrogen-bond donors (Lipinski definition) is 1. The van der Waals surface area contributed by atoms with Gasteiger partial charge in [-0.3, -0.25) is 4.79 Å². The molecule has 0 bridgehead atoms. The maximum absolute atomic E-state index is 13.4. The molecule has 4 rings (SSSR count). The summed E-state index contributed by atoms with van der Waals surface area (Å²) in [4.78, 5) is 24.4. The number of phenols is 1. The molecule has 0 spiro atoms. The second-order valence-electron chi connectivity index (χ2n) is 9.35. The van der Waals surface area contributed by atoms with Crippen LogP contribution in [-0.2, 0) is 4.79 Å². The van der Waals surface area contributed by atoms with Gasteiger partial charge in [0.05, 0.1) is 5.69 Å². The molecule has 0 aliphatic carbocycles. The third-order valence-electron chi connectivity index (χ3n) is 6.54. The number of anilines is 1. The zero-order valence-corrected chi connectivity index (χ0v) is 20.5. The third kappa shape index (κ3) is 5.07. The SMILES string of the molecule is Cc1ccccc1-c1cc(-c2ccccc2O)nc(N2CCC[C@H]2C(=O)N(C)CCN(C)C)c1. The van der Waals surface area contributed by atoms with Crippen LogP contribution in [0.5, 0.6) is 5.75 Å². The Morgan fingerprint density at radius 3 is 2.44 bits per heavy atom. The van der Waals surface area contributed by atoms with Gasteiger partial charge in [-0.25, -0.2) is 4.98 Å². The second-order valence-corrected chi connectivity index (χ2v) is 9.35. The number of rotatable bonds is 7. The number of hydrogen-bond acceptors (Lipinski definition) is 5. The molecule has 0 unspecified atom stereocenters. The number of likely N-dealkylation sites (N-methyl/N-ethyl adjacent to an activating group) is 2. The lowest BCUT2D eigenvalue weighted by Crippen LogP contribution is -2.46. The number of carbonyl (C=O) groups excluding carboxylic acids is 1. The zero-order valence-electron chi connectivity index (χ0n) is 20.5. The average Bonchev–Trinajstić information content (AvgIpc) is 3.32. The van der Waals surface area contributed by atoms with E-state index in [0.717, 1.165) is 42.9 Å². The van der Waals surface area contributed by atoms with E-state index < -0.39 is 0 Å². The molecule has 1 aromatic heterocycles. The maximum Gasteiger partial charge on any atom is 0.245 e. The maximum atomic E-state index is 13.4. The Balaban J connectivity index is 1.75. The molecule has 178 valence electrons. The van der Waals surface area contributed by atoms with Crippen molar-refractivity contribution in [1.82, 2.24) is 14.8 Å². The number of amides is 1. The molecule has 1 fully saturated rings. The summed E-state index contributed by atoms with van der Waals surface area (Å²) in [5.74, 6) is 1.10. The number of aromatic hydroxyl groups is 1. The van der Waals surface area contributed by atoms with Gasteiger partial charge in [0, 0.05) is 32.2 Å². The molecular weight excluding hydrogens is 424 g/mol. The highest BCUT2D eigenvalue weighted by Crippen LogP contribution is 2.36. The molecule has 1 saturated heterocycles. The van der Waals surface area contributed by atoms with Crippen molar-refractivity contribution in [2.24, 2.45) is 0 Å². The molecule has 2 heterocycles. The van der Waals surface area contributed by atoms with Gasteiger partial charge in [0.15, 0.2) is 0 Å². The van der Waals surface area contributed by atoms with Crippen LogP contribution in [0.4, 0.5) is 5.82 Å². The molecule has 3 aromatic rings. The first kappa shape index (κ1) is 23.8. The summed E-state index contributed by atoms with van der Waals surface area (Å²) >= 11 is 0. The van der Waals surface area contributed by atoms with E-state index in [1.165, 1.54) is 5.56 Å². The van der Waals surface area contributed by atoms with E-state index in [0.29, 0.717) is 17.8 Å². The molecule has 1 N–H and O–H groups in total. The Morgan fingerprint density at radius 1 is 1.03 bits per heavy atom. The fraction of sp³-hybridized carbons (Fsp3) is 0.357. The minimum atomic E-state index is -0.232. The molecule has 0 saturated carbocycles. The number of para-hydroxylation sites is 1. The van der Waals surface area contributed by atoms with Crippen molar-refractivity contribution >= 4 is 11.7 Å². The van der Waals surface area contributed by atoms with Gasteiger partial charge < -0.3 is 19.8 Å². The smallest absolute Gasteiger partial charge is 0.245 e. The normalized spacial score (nSPS) is 15.7. The van der Waals surface area contributed by atoms with Crippen molar-refractivity contribution in [3.05, 3.63) is 66.2 Å². The highest BCUT2D eigenvalue weighted by atomic mass is 16.3. The summed E-state index contributed by atoms with van der Waals surface area (Å²) in [7, 11) is 5.91. The fourth-order valence-electron chi connectivity index (χ4n) is 4.56. The van der Waals surface area contributed by atoms with Crippen molar-refractivity contribution in [1.29, 1.82) is 0 Å². The van der Waals surface area contributed by atoms with Crippen LogP contribution in [0.2, 0.25) is 0 Å². The zero-order chi connectivity index (χ0) is 24.2. The van der Waals surface area contributed by atoms with E-state index in [4.69, 9.17) is 4.98 Å². The van der Waals surface area contributed by atoms with Crippen molar-refractivity contribution < 1.29 is 9.90 Å². The van der Waals surface area contributed by atoms with Crippen LogP contribution in [-0.4, -0.2) is 72.6 Å². The molecule has 0 radical (unpaired) electrons. The molecule has 6 nitrogen and oxygen atoms in total. The highest BCUT2D eigenvalue weighted by molar-refractivity contribution is 5.86. The monoisotopic (exact) mass is 458 g/mol. The largest absolute Gasteiger partial charge is 0.507 e. The molecule has 1 aliphatic rings. The van der Waals surface area contributed by atoms with Gasteiger partial charge in [-0.2, -0.15) is 0 Å².